The van der Waals surface area contributed by atoms with Crippen LogP contribution in [0.5, 0.6) is 0 Å². The Labute approximate surface area is 102 Å². The zero-order chi connectivity index (χ0) is 13.9. The second-order valence-electron chi connectivity index (χ2n) is 4.01. The maximum atomic E-state index is 11.8. The lowest BCUT2D eigenvalue weighted by atomic mass is 10.0. The summed E-state index contributed by atoms with van der Waals surface area (Å²) in [5, 5.41) is 8.66. The van der Waals surface area contributed by atoms with Crippen molar-refractivity contribution < 1.29 is 24.3 Å². The number of aliphatic carboxylic acids is 1. The van der Waals surface area contributed by atoms with Crippen LogP contribution >= 0.6 is 0 Å². The van der Waals surface area contributed by atoms with Crippen molar-refractivity contribution in [2.45, 2.75) is 0 Å². The maximum absolute atomic E-state index is 11.8. The monoisotopic (exact) mass is 258 g/mol. The number of rotatable bonds is 5. The number of carbonyl (C=O) groups is 4. The summed E-state index contributed by atoms with van der Waals surface area (Å²) in [6.45, 7) is -0.781. The number of urea groups is 1. The normalized spacial score (nSPS) is 14.8. The summed E-state index contributed by atoms with van der Waals surface area (Å²) in [5.41, 5.74) is 9.89. The van der Waals surface area contributed by atoms with Crippen LogP contribution in [0.1, 0.15) is 0 Å². The molecule has 1 rings (SSSR count). The molecular weight excluding hydrogens is 244 g/mol. The average molecular weight is 258 g/mol. The van der Waals surface area contributed by atoms with E-state index in [1.165, 1.54) is 4.90 Å². The van der Waals surface area contributed by atoms with Gasteiger partial charge in [-0.05, 0) is 0 Å². The molecule has 0 bridgehead atoms. The fourth-order valence-electron chi connectivity index (χ4n) is 1.56. The summed E-state index contributed by atoms with van der Waals surface area (Å²) in [7, 11) is 0. The Morgan fingerprint density at radius 2 is 1.56 bits per heavy atom. The second-order valence-corrected chi connectivity index (χ2v) is 4.01. The first-order valence-corrected chi connectivity index (χ1v) is 5.14. The highest BCUT2D eigenvalue weighted by Gasteiger charge is 2.38. The molecule has 100 valence electrons. The number of amides is 4. The molecule has 0 unspecified atom stereocenters. The van der Waals surface area contributed by atoms with Gasteiger partial charge in [-0.2, -0.15) is 0 Å². The summed E-state index contributed by atoms with van der Waals surface area (Å²) in [6.07, 6.45) is 0. The zero-order valence-electron chi connectivity index (χ0n) is 9.54. The topological polar surface area (TPSA) is 147 Å². The first kappa shape index (κ1) is 13.7. The predicted molar refractivity (Wildman–Crippen MR) is 58.1 cm³/mol. The second kappa shape index (κ2) is 5.34. The smallest absolute Gasteiger partial charge is 0.320 e. The lowest BCUT2D eigenvalue weighted by Gasteiger charge is -2.39. The SMILES string of the molecule is NC(=O)CN(CC(N)=O)C(=O)N1CC(C(=O)O)C1. The van der Waals surface area contributed by atoms with Crippen LogP contribution in [-0.4, -0.2) is 64.9 Å². The van der Waals surface area contributed by atoms with Gasteiger partial charge in [-0.3, -0.25) is 14.4 Å². The number of nitrogens with zero attached hydrogens (tertiary/aromatic N) is 2. The van der Waals surface area contributed by atoms with Gasteiger partial charge in [0, 0.05) is 13.1 Å². The van der Waals surface area contributed by atoms with E-state index in [1.807, 2.05) is 0 Å². The molecule has 9 nitrogen and oxygen atoms in total. The van der Waals surface area contributed by atoms with E-state index in [0.29, 0.717) is 0 Å². The Morgan fingerprint density at radius 1 is 1.11 bits per heavy atom. The molecule has 18 heavy (non-hydrogen) atoms. The Hall–Kier alpha value is -2.32. The van der Waals surface area contributed by atoms with Gasteiger partial charge in [0.25, 0.3) is 0 Å². The van der Waals surface area contributed by atoms with Crippen LogP contribution in [0.4, 0.5) is 4.79 Å². The number of carboxylic acids is 1. The van der Waals surface area contributed by atoms with Gasteiger partial charge in [0.2, 0.25) is 11.8 Å². The molecule has 0 aliphatic carbocycles. The minimum Gasteiger partial charge on any atom is -0.481 e. The molecule has 0 aromatic heterocycles. The van der Waals surface area contributed by atoms with E-state index in [1.54, 1.807) is 0 Å². The van der Waals surface area contributed by atoms with Gasteiger partial charge in [-0.25, -0.2) is 4.79 Å². The molecule has 5 N–H and O–H groups in total. The summed E-state index contributed by atoms with van der Waals surface area (Å²) in [6, 6.07) is -0.620. The van der Waals surface area contributed by atoms with Crippen molar-refractivity contribution in [3.05, 3.63) is 0 Å². The number of likely N-dealkylation sites (tertiary alicyclic amines) is 1. The van der Waals surface area contributed by atoms with Crippen LogP contribution in [-0.2, 0) is 14.4 Å². The maximum Gasteiger partial charge on any atom is 0.320 e. The van der Waals surface area contributed by atoms with E-state index in [2.05, 4.69) is 0 Å². The average Bonchev–Trinajstić information content (AvgIpc) is 2.11. The van der Waals surface area contributed by atoms with E-state index >= 15 is 0 Å². The predicted octanol–water partition coefficient (Wildman–Crippen LogP) is -2.60. The minimum atomic E-state index is -0.990. The van der Waals surface area contributed by atoms with Gasteiger partial charge in [0.05, 0.1) is 5.92 Å². The lowest BCUT2D eigenvalue weighted by Crippen LogP contribution is -2.58. The third-order valence-electron chi connectivity index (χ3n) is 2.47. The van der Waals surface area contributed by atoms with Gasteiger partial charge >= 0.3 is 12.0 Å². The number of hydrogen-bond acceptors (Lipinski definition) is 4. The molecule has 0 spiro atoms. The Bertz CT molecular complexity index is 374. The molecule has 0 aromatic carbocycles. The van der Waals surface area contributed by atoms with Gasteiger partial charge < -0.3 is 26.4 Å². The molecule has 0 atom stereocenters. The minimum absolute atomic E-state index is 0.0438. The van der Waals surface area contributed by atoms with Crippen molar-refractivity contribution in [2.24, 2.45) is 17.4 Å². The van der Waals surface area contributed by atoms with Crippen molar-refractivity contribution in [2.75, 3.05) is 26.2 Å². The molecule has 0 aromatic rings. The first-order chi connectivity index (χ1) is 8.31. The molecule has 1 saturated heterocycles. The molecule has 9 heteroatoms. The van der Waals surface area contributed by atoms with Crippen LogP contribution in [0.15, 0.2) is 0 Å². The summed E-state index contributed by atoms with van der Waals surface area (Å²) < 4.78 is 0. The fourth-order valence-corrected chi connectivity index (χ4v) is 1.56. The van der Waals surface area contributed by atoms with Crippen molar-refractivity contribution in [3.63, 3.8) is 0 Å². The number of primary amides is 2. The fraction of sp³-hybridized carbons (Fsp3) is 0.556. The number of hydrogen-bond donors (Lipinski definition) is 3. The van der Waals surface area contributed by atoms with E-state index in [9.17, 15) is 19.2 Å². The third-order valence-corrected chi connectivity index (χ3v) is 2.47. The lowest BCUT2D eigenvalue weighted by molar-refractivity contribution is -0.146. The van der Waals surface area contributed by atoms with Crippen molar-refractivity contribution in [3.8, 4) is 0 Å². The standard InChI is InChI=1S/C9H14N4O5/c10-6(14)3-13(4-7(11)15)9(18)12-1-5(2-12)8(16)17/h5H,1-4H2,(H2,10,14)(H2,11,15)(H,16,17). The number of nitrogens with two attached hydrogens (primary N) is 2. The molecule has 1 heterocycles. The van der Waals surface area contributed by atoms with E-state index in [-0.39, 0.29) is 13.1 Å². The Kier molecular flexibility index (Phi) is 4.08. The molecular formula is C9H14N4O5. The van der Waals surface area contributed by atoms with Crippen molar-refractivity contribution in [1.82, 2.24) is 9.80 Å². The van der Waals surface area contributed by atoms with Gasteiger partial charge in [0.15, 0.2) is 0 Å². The van der Waals surface area contributed by atoms with Gasteiger partial charge in [-0.15, -0.1) is 0 Å². The summed E-state index contributed by atoms with van der Waals surface area (Å²) >= 11 is 0. The zero-order valence-corrected chi connectivity index (χ0v) is 9.54. The largest absolute Gasteiger partial charge is 0.481 e. The molecule has 4 amide bonds. The molecule has 1 fully saturated rings. The summed E-state index contributed by atoms with van der Waals surface area (Å²) in [4.78, 5) is 46.0. The highest BCUT2D eigenvalue weighted by Crippen LogP contribution is 2.17. The Morgan fingerprint density at radius 3 is 1.89 bits per heavy atom. The number of carboxylic acid groups (broad SMARTS) is 1. The van der Waals surface area contributed by atoms with E-state index in [4.69, 9.17) is 16.6 Å². The molecule has 1 aliphatic rings. The highest BCUT2D eigenvalue weighted by molar-refractivity contribution is 5.88. The van der Waals surface area contributed by atoms with Crippen LogP contribution < -0.4 is 11.5 Å². The highest BCUT2D eigenvalue weighted by atomic mass is 16.4. The number of carbonyl (C=O) groups excluding carboxylic acids is 3. The van der Waals surface area contributed by atoms with E-state index in [0.717, 1.165) is 4.90 Å². The Balaban J connectivity index is 2.58. The van der Waals surface area contributed by atoms with Crippen LogP contribution in [0.2, 0.25) is 0 Å². The molecule has 1 aliphatic heterocycles. The van der Waals surface area contributed by atoms with Crippen LogP contribution in [0.3, 0.4) is 0 Å². The van der Waals surface area contributed by atoms with Gasteiger partial charge in [0.1, 0.15) is 13.1 Å². The third kappa shape index (κ3) is 3.34. The van der Waals surface area contributed by atoms with Crippen LogP contribution in [0.25, 0.3) is 0 Å². The molecule has 0 saturated carbocycles. The quantitative estimate of drug-likeness (QED) is 0.494. The first-order valence-electron chi connectivity index (χ1n) is 5.14. The van der Waals surface area contributed by atoms with Crippen LogP contribution in [0, 0.1) is 5.92 Å². The van der Waals surface area contributed by atoms with Crippen molar-refractivity contribution in [1.29, 1.82) is 0 Å². The summed E-state index contributed by atoms with van der Waals surface area (Å²) in [5.74, 6) is -3.16. The van der Waals surface area contributed by atoms with Crippen molar-refractivity contribution >= 4 is 23.8 Å². The van der Waals surface area contributed by atoms with Gasteiger partial charge in [-0.1, -0.05) is 0 Å². The van der Waals surface area contributed by atoms with E-state index < -0.39 is 42.8 Å². The molecule has 0 radical (unpaired) electrons.